The monoisotopic (exact) mass is 363 g/mol. The number of carbonyl (C=O) groups is 1. The summed E-state index contributed by atoms with van der Waals surface area (Å²) < 4.78 is 0. The number of carbonyl (C=O) groups excluding carboxylic acids is 1. The van der Waals surface area contributed by atoms with Gasteiger partial charge in [0.2, 0.25) is 5.91 Å². The second-order valence-electron chi connectivity index (χ2n) is 8.16. The van der Waals surface area contributed by atoms with E-state index in [0.29, 0.717) is 11.8 Å². The van der Waals surface area contributed by atoms with Crippen molar-refractivity contribution >= 4 is 29.3 Å². The number of nitrogens with one attached hydrogen (secondary N) is 1. The molecule has 5 rings (SSSR count). The van der Waals surface area contributed by atoms with E-state index in [-0.39, 0.29) is 16.2 Å². The second-order valence-corrected chi connectivity index (χ2v) is 10.1. The van der Waals surface area contributed by atoms with Gasteiger partial charge in [-0.1, -0.05) is 18.2 Å². The van der Waals surface area contributed by atoms with Crippen LogP contribution in [-0.2, 0) is 4.79 Å². The van der Waals surface area contributed by atoms with Crippen LogP contribution in [0.1, 0.15) is 44.9 Å². The van der Waals surface area contributed by atoms with E-state index in [1.165, 1.54) is 11.3 Å². The normalized spacial score (nSPS) is 36.7. The van der Waals surface area contributed by atoms with Gasteiger partial charge in [-0.25, -0.2) is 0 Å². The molecule has 0 spiro atoms. The maximum Gasteiger partial charge on any atom is 0.226 e. The first-order chi connectivity index (χ1) is 11.6. The van der Waals surface area contributed by atoms with Gasteiger partial charge in [0.05, 0.1) is 5.41 Å². The zero-order valence-corrected chi connectivity index (χ0v) is 15.7. The summed E-state index contributed by atoms with van der Waals surface area (Å²) in [6.07, 6.45) is 7.63. The number of rotatable bonds is 6. The highest BCUT2D eigenvalue weighted by Gasteiger charge is 2.59. The molecule has 4 saturated carbocycles. The predicted molar refractivity (Wildman–Crippen MR) is 100 cm³/mol. The largest absolute Gasteiger partial charge is 0.356 e. The van der Waals surface area contributed by atoms with Gasteiger partial charge in [0, 0.05) is 16.3 Å². The van der Waals surface area contributed by atoms with E-state index < -0.39 is 0 Å². The molecule has 0 radical (unpaired) electrons. The predicted octanol–water partition coefficient (Wildman–Crippen LogP) is 4.86. The Hall–Kier alpha value is -0.670. The Morgan fingerprint density at radius 1 is 1.17 bits per heavy atom. The molecule has 2 atom stereocenters. The molecule has 0 saturated heterocycles. The fraction of sp³-hybridized carbons (Fsp3) is 0.650. The zero-order chi connectivity index (χ0) is 16.6. The first-order valence-electron chi connectivity index (χ1n) is 9.22. The summed E-state index contributed by atoms with van der Waals surface area (Å²) in [5.74, 6) is 2.69. The van der Waals surface area contributed by atoms with Gasteiger partial charge in [-0.15, -0.1) is 23.4 Å². The maximum absolute atomic E-state index is 12.9. The van der Waals surface area contributed by atoms with Crippen molar-refractivity contribution in [3.05, 3.63) is 30.3 Å². The van der Waals surface area contributed by atoms with Crippen molar-refractivity contribution in [3.63, 3.8) is 0 Å². The van der Waals surface area contributed by atoms with Gasteiger partial charge in [-0.3, -0.25) is 4.79 Å². The minimum Gasteiger partial charge on any atom is -0.356 e. The Morgan fingerprint density at radius 3 is 2.54 bits per heavy atom. The molecule has 2 unspecified atom stereocenters. The van der Waals surface area contributed by atoms with Crippen LogP contribution in [0.4, 0.5) is 0 Å². The van der Waals surface area contributed by atoms with Gasteiger partial charge < -0.3 is 5.32 Å². The molecule has 4 aliphatic rings. The van der Waals surface area contributed by atoms with E-state index in [2.05, 4.69) is 29.6 Å². The van der Waals surface area contributed by atoms with Crippen molar-refractivity contribution in [1.82, 2.24) is 5.32 Å². The number of amides is 1. The minimum absolute atomic E-state index is 0.0788. The Bertz CT molecular complexity index is 591. The lowest BCUT2D eigenvalue weighted by atomic mass is 9.49. The number of halogens is 1. The Balaban J connectivity index is 1.26. The molecule has 4 bridgehead atoms. The van der Waals surface area contributed by atoms with Crippen LogP contribution in [0.25, 0.3) is 0 Å². The summed E-state index contributed by atoms with van der Waals surface area (Å²) in [7, 11) is 0. The van der Waals surface area contributed by atoms with Crippen LogP contribution in [0, 0.1) is 17.3 Å². The van der Waals surface area contributed by atoms with Crippen molar-refractivity contribution in [2.75, 3.05) is 12.3 Å². The van der Waals surface area contributed by atoms with Gasteiger partial charge in [0.15, 0.2) is 0 Å². The third kappa shape index (κ3) is 3.35. The van der Waals surface area contributed by atoms with Crippen molar-refractivity contribution in [1.29, 1.82) is 0 Å². The molecule has 0 heterocycles. The van der Waals surface area contributed by atoms with Gasteiger partial charge in [0.25, 0.3) is 0 Å². The highest BCUT2D eigenvalue weighted by Crippen LogP contribution is 2.63. The summed E-state index contributed by atoms with van der Waals surface area (Å²) in [5, 5.41) is 3.23. The first-order valence-corrected chi connectivity index (χ1v) is 10.6. The molecule has 24 heavy (non-hydrogen) atoms. The fourth-order valence-electron chi connectivity index (χ4n) is 5.58. The highest BCUT2D eigenvalue weighted by atomic mass is 35.5. The lowest BCUT2D eigenvalue weighted by Gasteiger charge is -2.59. The molecule has 0 aromatic heterocycles. The quantitative estimate of drug-likeness (QED) is 0.444. The van der Waals surface area contributed by atoms with Crippen LogP contribution < -0.4 is 5.32 Å². The molecule has 1 aromatic rings. The molecular weight excluding hydrogens is 338 g/mol. The van der Waals surface area contributed by atoms with Gasteiger partial charge in [0.1, 0.15) is 0 Å². The Labute approximate surface area is 154 Å². The average molecular weight is 364 g/mol. The molecule has 4 aliphatic carbocycles. The Morgan fingerprint density at radius 2 is 1.88 bits per heavy atom. The van der Waals surface area contributed by atoms with E-state index in [4.69, 9.17) is 11.6 Å². The molecule has 4 fully saturated rings. The number of hydrogen-bond acceptors (Lipinski definition) is 2. The molecule has 1 N–H and O–H groups in total. The third-order valence-corrected chi connectivity index (χ3v) is 7.63. The van der Waals surface area contributed by atoms with Crippen LogP contribution >= 0.6 is 23.4 Å². The highest BCUT2D eigenvalue weighted by molar-refractivity contribution is 7.99. The number of benzene rings is 1. The first kappa shape index (κ1) is 16.8. The topological polar surface area (TPSA) is 29.1 Å². The Kier molecular flexibility index (Phi) is 4.59. The maximum atomic E-state index is 12.9. The van der Waals surface area contributed by atoms with Gasteiger partial charge in [-0.05, 0) is 74.7 Å². The third-order valence-electron chi connectivity index (χ3n) is 6.09. The molecule has 2 nitrogen and oxygen atoms in total. The molecule has 0 aliphatic heterocycles. The van der Waals surface area contributed by atoms with Crippen LogP contribution in [0.5, 0.6) is 0 Å². The van der Waals surface area contributed by atoms with Crippen molar-refractivity contribution in [2.45, 2.75) is 54.7 Å². The number of thioether (sulfide) groups is 1. The molecule has 130 valence electrons. The molecular formula is C20H26ClNOS. The van der Waals surface area contributed by atoms with Crippen LogP contribution in [0.15, 0.2) is 35.2 Å². The minimum atomic E-state index is -0.154. The van der Waals surface area contributed by atoms with E-state index in [0.717, 1.165) is 50.8 Å². The smallest absolute Gasteiger partial charge is 0.226 e. The summed E-state index contributed by atoms with van der Waals surface area (Å²) in [5.41, 5.74) is -0.154. The van der Waals surface area contributed by atoms with Crippen LogP contribution in [0.3, 0.4) is 0 Å². The molecule has 1 amide bonds. The fourth-order valence-corrected chi connectivity index (χ4v) is 7.15. The van der Waals surface area contributed by atoms with Crippen molar-refractivity contribution in [3.8, 4) is 0 Å². The second kappa shape index (κ2) is 6.57. The lowest BCUT2D eigenvalue weighted by molar-refractivity contribution is -0.144. The SMILES string of the molecule is O=C(NCCCSc1ccccc1)C12CC3CC(CC(Cl)(C3)C1)C2. The van der Waals surface area contributed by atoms with E-state index in [1.807, 2.05) is 17.8 Å². The van der Waals surface area contributed by atoms with Gasteiger partial charge >= 0.3 is 0 Å². The summed E-state index contributed by atoms with van der Waals surface area (Å²) in [6, 6.07) is 10.5. The van der Waals surface area contributed by atoms with Crippen LogP contribution in [0.2, 0.25) is 0 Å². The van der Waals surface area contributed by atoms with E-state index in [9.17, 15) is 4.79 Å². The molecule has 4 heteroatoms. The molecule has 1 aromatic carbocycles. The number of hydrogen-bond donors (Lipinski definition) is 1. The van der Waals surface area contributed by atoms with Crippen molar-refractivity contribution < 1.29 is 4.79 Å². The standard InChI is InChI=1S/C20H26ClNOS/c21-20-12-15-9-16(13-20)11-19(10-15,14-20)18(23)22-7-4-8-24-17-5-2-1-3-6-17/h1-3,5-6,15-16H,4,7-14H2,(H,22,23). The lowest BCUT2D eigenvalue weighted by Crippen LogP contribution is -2.58. The summed E-state index contributed by atoms with van der Waals surface area (Å²) in [4.78, 5) is 14.1. The summed E-state index contributed by atoms with van der Waals surface area (Å²) in [6.45, 7) is 0.783. The van der Waals surface area contributed by atoms with E-state index in [1.54, 1.807) is 0 Å². The van der Waals surface area contributed by atoms with Crippen LogP contribution in [-0.4, -0.2) is 23.1 Å². The number of alkyl halides is 1. The zero-order valence-electron chi connectivity index (χ0n) is 14.1. The van der Waals surface area contributed by atoms with Gasteiger partial charge in [-0.2, -0.15) is 0 Å². The van der Waals surface area contributed by atoms with E-state index >= 15 is 0 Å². The average Bonchev–Trinajstić information content (AvgIpc) is 2.53. The summed E-state index contributed by atoms with van der Waals surface area (Å²) >= 11 is 8.69. The van der Waals surface area contributed by atoms with Crippen molar-refractivity contribution in [2.24, 2.45) is 17.3 Å².